The average Bonchev–Trinajstić information content (AvgIpc) is 2.50. The van der Waals surface area contributed by atoms with E-state index in [1.54, 1.807) is 0 Å². The Hall–Kier alpha value is -2.17. The molecule has 132 valence electrons. The predicted molar refractivity (Wildman–Crippen MR) is 94.9 cm³/mol. The maximum absolute atomic E-state index is 12.1. The summed E-state index contributed by atoms with van der Waals surface area (Å²) in [6.07, 6.45) is 2.28. The molecule has 0 aliphatic rings. The number of carbonyl (C=O) groups is 3. The minimum Gasteiger partial charge on any atom is -0.350 e. The lowest BCUT2D eigenvalue weighted by molar-refractivity contribution is -0.126. The normalized spacial score (nSPS) is 11.0. The molecular formula is C19H28N2O3. The summed E-state index contributed by atoms with van der Waals surface area (Å²) in [6, 6.07) is 7.52. The van der Waals surface area contributed by atoms with Gasteiger partial charge in [0.25, 0.3) is 0 Å². The summed E-state index contributed by atoms with van der Waals surface area (Å²) in [5.74, 6) is -0.601. The molecule has 0 saturated carbocycles. The molecule has 0 radical (unpaired) electrons. The van der Waals surface area contributed by atoms with Crippen LogP contribution >= 0.6 is 0 Å². The Balaban J connectivity index is 2.35. The van der Waals surface area contributed by atoms with Crippen LogP contribution in [0.25, 0.3) is 0 Å². The lowest BCUT2D eigenvalue weighted by Crippen LogP contribution is -2.45. The molecule has 0 aliphatic carbocycles. The molecular weight excluding hydrogens is 304 g/mol. The van der Waals surface area contributed by atoms with Crippen molar-refractivity contribution in [3.8, 4) is 0 Å². The molecule has 2 N–H and O–H groups in total. The topological polar surface area (TPSA) is 75.3 Å². The van der Waals surface area contributed by atoms with Gasteiger partial charge in [-0.05, 0) is 32.8 Å². The van der Waals surface area contributed by atoms with Gasteiger partial charge in [0.05, 0.1) is 6.54 Å². The Morgan fingerprint density at radius 2 is 1.58 bits per heavy atom. The molecule has 0 aromatic heterocycles. The number of amides is 2. The van der Waals surface area contributed by atoms with Gasteiger partial charge in [-0.15, -0.1) is 0 Å². The van der Waals surface area contributed by atoms with Crippen LogP contribution in [0.5, 0.6) is 0 Å². The molecule has 1 rings (SSSR count). The minimum absolute atomic E-state index is 0.0626. The van der Waals surface area contributed by atoms with Gasteiger partial charge in [-0.3, -0.25) is 14.4 Å². The third-order valence-electron chi connectivity index (χ3n) is 3.35. The maximum atomic E-state index is 12.1. The summed E-state index contributed by atoms with van der Waals surface area (Å²) < 4.78 is 0. The van der Waals surface area contributed by atoms with Gasteiger partial charge < -0.3 is 10.6 Å². The van der Waals surface area contributed by atoms with Crippen molar-refractivity contribution in [2.45, 2.75) is 58.9 Å². The first-order chi connectivity index (χ1) is 11.2. The number of ketones is 1. The molecule has 5 heteroatoms. The Labute approximate surface area is 144 Å². The van der Waals surface area contributed by atoms with E-state index in [0.717, 1.165) is 12.8 Å². The summed E-state index contributed by atoms with van der Waals surface area (Å²) in [7, 11) is 0. The largest absolute Gasteiger partial charge is 0.350 e. The van der Waals surface area contributed by atoms with Crippen molar-refractivity contribution in [1.82, 2.24) is 10.6 Å². The fourth-order valence-corrected chi connectivity index (χ4v) is 2.25. The van der Waals surface area contributed by atoms with Gasteiger partial charge in [-0.2, -0.15) is 0 Å². The van der Waals surface area contributed by atoms with Crippen molar-refractivity contribution in [2.24, 2.45) is 0 Å². The van der Waals surface area contributed by atoms with E-state index in [4.69, 9.17) is 0 Å². The van der Waals surface area contributed by atoms with E-state index in [1.807, 2.05) is 45.0 Å². The monoisotopic (exact) mass is 332 g/mol. The third-order valence-corrected chi connectivity index (χ3v) is 3.35. The molecule has 0 atom stereocenters. The van der Waals surface area contributed by atoms with Crippen LogP contribution < -0.4 is 10.6 Å². The number of carbonyl (C=O) groups excluding carboxylic acids is 3. The van der Waals surface area contributed by atoms with Crippen LogP contribution in [-0.4, -0.2) is 29.7 Å². The predicted octanol–water partition coefficient (Wildman–Crippen LogP) is 2.63. The highest BCUT2D eigenvalue weighted by Gasteiger charge is 2.15. The Morgan fingerprint density at radius 3 is 2.12 bits per heavy atom. The minimum atomic E-state index is -0.332. The summed E-state index contributed by atoms with van der Waals surface area (Å²) in [6.45, 7) is 7.65. The second-order valence-corrected chi connectivity index (χ2v) is 6.95. The molecule has 0 saturated heterocycles. The van der Waals surface area contributed by atoms with E-state index < -0.39 is 0 Å². The first-order valence-electron chi connectivity index (χ1n) is 8.41. The standard InChI is InChI=1S/C19H28N2O3/c1-5-6-14-7-9-15(10-8-14)16(22)11-12-17(23)20-13-18(24)21-19(2,3)4/h7-10H,5-6,11-13H2,1-4H3,(H,20,23)(H,21,24). The zero-order valence-corrected chi connectivity index (χ0v) is 15.1. The molecule has 0 aliphatic heterocycles. The van der Waals surface area contributed by atoms with E-state index in [1.165, 1.54) is 5.56 Å². The van der Waals surface area contributed by atoms with Crippen molar-refractivity contribution in [3.05, 3.63) is 35.4 Å². The van der Waals surface area contributed by atoms with Crippen LogP contribution in [0.2, 0.25) is 0 Å². The van der Waals surface area contributed by atoms with Gasteiger partial charge >= 0.3 is 0 Å². The lowest BCUT2D eigenvalue weighted by Gasteiger charge is -2.20. The molecule has 0 heterocycles. The van der Waals surface area contributed by atoms with E-state index in [0.29, 0.717) is 5.56 Å². The van der Waals surface area contributed by atoms with Gasteiger partial charge in [0, 0.05) is 23.9 Å². The van der Waals surface area contributed by atoms with Gasteiger partial charge in [0.2, 0.25) is 11.8 Å². The quantitative estimate of drug-likeness (QED) is 0.719. The highest BCUT2D eigenvalue weighted by Crippen LogP contribution is 2.09. The smallest absolute Gasteiger partial charge is 0.239 e. The Bertz CT molecular complexity index is 571. The highest BCUT2D eigenvalue weighted by molar-refractivity contribution is 5.98. The van der Waals surface area contributed by atoms with Crippen LogP contribution in [0.3, 0.4) is 0 Å². The van der Waals surface area contributed by atoms with E-state index in [9.17, 15) is 14.4 Å². The van der Waals surface area contributed by atoms with Crippen molar-refractivity contribution >= 4 is 17.6 Å². The van der Waals surface area contributed by atoms with Crippen LogP contribution in [0, 0.1) is 0 Å². The molecule has 0 unspecified atom stereocenters. The van der Waals surface area contributed by atoms with Crippen LogP contribution in [-0.2, 0) is 16.0 Å². The maximum Gasteiger partial charge on any atom is 0.239 e. The molecule has 1 aromatic rings. The van der Waals surface area contributed by atoms with E-state index in [-0.39, 0.29) is 42.5 Å². The van der Waals surface area contributed by atoms with Gasteiger partial charge in [0.1, 0.15) is 0 Å². The van der Waals surface area contributed by atoms with Gasteiger partial charge in [-0.1, -0.05) is 37.6 Å². The van der Waals surface area contributed by atoms with Crippen LogP contribution in [0.1, 0.15) is 62.9 Å². The molecule has 0 bridgehead atoms. The fraction of sp³-hybridized carbons (Fsp3) is 0.526. The van der Waals surface area contributed by atoms with E-state index >= 15 is 0 Å². The number of Topliss-reactive ketones (excluding diaryl/α,β-unsaturated/α-hetero) is 1. The van der Waals surface area contributed by atoms with Crippen molar-refractivity contribution in [2.75, 3.05) is 6.54 Å². The van der Waals surface area contributed by atoms with Crippen LogP contribution in [0.4, 0.5) is 0 Å². The van der Waals surface area contributed by atoms with Crippen molar-refractivity contribution in [1.29, 1.82) is 0 Å². The molecule has 2 amide bonds. The van der Waals surface area contributed by atoms with E-state index in [2.05, 4.69) is 17.6 Å². The van der Waals surface area contributed by atoms with Crippen molar-refractivity contribution < 1.29 is 14.4 Å². The van der Waals surface area contributed by atoms with Gasteiger partial charge in [0.15, 0.2) is 5.78 Å². The second kappa shape index (κ2) is 9.21. The lowest BCUT2D eigenvalue weighted by atomic mass is 10.0. The number of hydrogen-bond acceptors (Lipinski definition) is 3. The molecule has 1 aromatic carbocycles. The molecule has 0 spiro atoms. The summed E-state index contributed by atoms with van der Waals surface area (Å²) in [5, 5.41) is 5.29. The highest BCUT2D eigenvalue weighted by atomic mass is 16.2. The Morgan fingerprint density at radius 1 is 0.958 bits per heavy atom. The van der Waals surface area contributed by atoms with Crippen LogP contribution in [0.15, 0.2) is 24.3 Å². The summed E-state index contributed by atoms with van der Waals surface area (Å²) in [5.41, 5.74) is 1.49. The molecule has 5 nitrogen and oxygen atoms in total. The third kappa shape index (κ3) is 7.90. The first kappa shape index (κ1) is 19.9. The number of rotatable bonds is 8. The zero-order valence-electron chi connectivity index (χ0n) is 15.1. The molecule has 0 fully saturated rings. The summed E-state index contributed by atoms with van der Waals surface area (Å²) >= 11 is 0. The SMILES string of the molecule is CCCc1ccc(C(=O)CCC(=O)NCC(=O)NC(C)(C)C)cc1. The number of benzene rings is 1. The fourth-order valence-electron chi connectivity index (χ4n) is 2.25. The van der Waals surface area contributed by atoms with Crippen molar-refractivity contribution in [3.63, 3.8) is 0 Å². The first-order valence-corrected chi connectivity index (χ1v) is 8.41. The summed E-state index contributed by atoms with van der Waals surface area (Å²) in [4.78, 5) is 35.4. The number of nitrogens with one attached hydrogen (secondary N) is 2. The second-order valence-electron chi connectivity index (χ2n) is 6.95. The molecule has 24 heavy (non-hydrogen) atoms. The average molecular weight is 332 g/mol. The van der Waals surface area contributed by atoms with Gasteiger partial charge in [-0.25, -0.2) is 0 Å². The number of aryl methyl sites for hydroxylation is 1. The Kier molecular flexibility index (Phi) is 7.62. The zero-order chi connectivity index (χ0) is 18.2. The number of hydrogen-bond donors (Lipinski definition) is 2.